The van der Waals surface area contributed by atoms with Crippen molar-refractivity contribution < 1.29 is 4.79 Å². The van der Waals surface area contributed by atoms with E-state index in [9.17, 15) is 4.79 Å². The van der Waals surface area contributed by atoms with Gasteiger partial charge in [0, 0.05) is 12.4 Å². The van der Waals surface area contributed by atoms with Gasteiger partial charge in [-0.25, -0.2) is 0 Å². The van der Waals surface area contributed by atoms with Crippen LogP contribution in [0.15, 0.2) is 47.2 Å². The summed E-state index contributed by atoms with van der Waals surface area (Å²) in [7, 11) is 1.82. The van der Waals surface area contributed by atoms with E-state index in [1.807, 2.05) is 48.1 Å². The lowest BCUT2D eigenvalue weighted by Gasteiger charge is -2.19. The van der Waals surface area contributed by atoms with E-state index in [0.717, 1.165) is 5.69 Å². The number of thiophene rings is 1. The first kappa shape index (κ1) is 10.7. The Balaban J connectivity index is 2.03. The van der Waals surface area contributed by atoms with Gasteiger partial charge in [0.15, 0.2) is 0 Å². The SMILES string of the molecule is CN(NC(=O)c1ccsc1)c1ccccc1. The number of carbonyl (C=O) groups is 1. The molecule has 4 heteroatoms. The van der Waals surface area contributed by atoms with Crippen molar-refractivity contribution in [1.82, 2.24) is 5.43 Å². The second-order valence-corrected chi connectivity index (χ2v) is 4.13. The monoisotopic (exact) mass is 232 g/mol. The molecule has 0 aliphatic heterocycles. The number of anilines is 1. The van der Waals surface area contributed by atoms with Crippen LogP contribution in [0.3, 0.4) is 0 Å². The number of hydrazine groups is 1. The Morgan fingerprint density at radius 1 is 1.25 bits per heavy atom. The van der Waals surface area contributed by atoms with Crippen LogP contribution in [0, 0.1) is 0 Å². The van der Waals surface area contributed by atoms with Crippen molar-refractivity contribution in [2.75, 3.05) is 12.1 Å². The van der Waals surface area contributed by atoms with E-state index in [4.69, 9.17) is 0 Å². The summed E-state index contributed by atoms with van der Waals surface area (Å²) < 4.78 is 0. The Hall–Kier alpha value is -1.81. The van der Waals surface area contributed by atoms with Gasteiger partial charge in [0.25, 0.3) is 5.91 Å². The van der Waals surface area contributed by atoms with Gasteiger partial charge >= 0.3 is 0 Å². The number of amides is 1. The summed E-state index contributed by atoms with van der Waals surface area (Å²) in [6.07, 6.45) is 0. The molecule has 1 N–H and O–H groups in total. The van der Waals surface area contributed by atoms with Crippen LogP contribution in [0.1, 0.15) is 10.4 Å². The fourth-order valence-electron chi connectivity index (χ4n) is 1.33. The molecule has 1 amide bonds. The Kier molecular flexibility index (Phi) is 3.22. The van der Waals surface area contributed by atoms with Crippen molar-refractivity contribution in [3.8, 4) is 0 Å². The summed E-state index contributed by atoms with van der Waals surface area (Å²) in [5.41, 5.74) is 4.44. The second kappa shape index (κ2) is 4.81. The van der Waals surface area contributed by atoms with Gasteiger partial charge in [-0.1, -0.05) is 18.2 Å². The van der Waals surface area contributed by atoms with Gasteiger partial charge in [-0.2, -0.15) is 11.3 Å². The van der Waals surface area contributed by atoms with Crippen molar-refractivity contribution in [3.63, 3.8) is 0 Å². The minimum atomic E-state index is -0.0902. The maximum absolute atomic E-state index is 11.7. The number of para-hydroxylation sites is 1. The number of nitrogens with zero attached hydrogens (tertiary/aromatic N) is 1. The first-order valence-corrected chi connectivity index (χ1v) is 5.83. The van der Waals surface area contributed by atoms with Gasteiger partial charge in [-0.15, -0.1) is 0 Å². The topological polar surface area (TPSA) is 32.3 Å². The molecule has 0 saturated heterocycles. The molecule has 0 bridgehead atoms. The lowest BCUT2D eigenvalue weighted by Crippen LogP contribution is -2.39. The zero-order chi connectivity index (χ0) is 11.4. The molecule has 1 heterocycles. The summed E-state index contributed by atoms with van der Waals surface area (Å²) in [6.45, 7) is 0. The Labute approximate surface area is 98.3 Å². The van der Waals surface area contributed by atoms with Gasteiger partial charge in [0.2, 0.25) is 0 Å². The summed E-state index contributed by atoms with van der Waals surface area (Å²) in [6, 6.07) is 11.5. The highest BCUT2D eigenvalue weighted by molar-refractivity contribution is 7.08. The fraction of sp³-hybridized carbons (Fsp3) is 0.0833. The van der Waals surface area contributed by atoms with Gasteiger partial charge in [0.05, 0.1) is 11.3 Å². The molecule has 0 saturated carbocycles. The summed E-state index contributed by atoms with van der Waals surface area (Å²) in [4.78, 5) is 11.7. The van der Waals surface area contributed by atoms with Gasteiger partial charge in [-0.05, 0) is 23.6 Å². The van der Waals surface area contributed by atoms with Gasteiger partial charge < -0.3 is 0 Å². The smallest absolute Gasteiger partial charge is 0.270 e. The lowest BCUT2D eigenvalue weighted by molar-refractivity contribution is 0.0952. The van der Waals surface area contributed by atoms with Crippen molar-refractivity contribution in [3.05, 3.63) is 52.7 Å². The van der Waals surface area contributed by atoms with Crippen molar-refractivity contribution >= 4 is 22.9 Å². The first-order chi connectivity index (χ1) is 7.77. The third-order valence-corrected chi connectivity index (χ3v) is 2.88. The molecule has 0 spiro atoms. The molecule has 0 unspecified atom stereocenters. The normalized spacial score (nSPS) is 9.81. The van der Waals surface area contributed by atoms with Crippen LogP contribution in [0.2, 0.25) is 0 Å². The number of hydrogen-bond donors (Lipinski definition) is 1. The summed E-state index contributed by atoms with van der Waals surface area (Å²) in [5.74, 6) is -0.0902. The molecule has 0 fully saturated rings. The van der Waals surface area contributed by atoms with Crippen LogP contribution in [0.5, 0.6) is 0 Å². The van der Waals surface area contributed by atoms with Crippen LogP contribution in [-0.2, 0) is 0 Å². The lowest BCUT2D eigenvalue weighted by atomic mass is 10.3. The molecule has 1 aromatic carbocycles. The molecule has 0 aliphatic carbocycles. The number of benzene rings is 1. The minimum absolute atomic E-state index is 0.0902. The highest BCUT2D eigenvalue weighted by Gasteiger charge is 2.08. The molecule has 0 aliphatic rings. The molecular formula is C12H12N2OS. The Morgan fingerprint density at radius 3 is 2.62 bits per heavy atom. The highest BCUT2D eigenvalue weighted by atomic mass is 32.1. The van der Waals surface area contributed by atoms with E-state index >= 15 is 0 Å². The zero-order valence-corrected chi connectivity index (χ0v) is 9.70. The molecule has 16 heavy (non-hydrogen) atoms. The second-order valence-electron chi connectivity index (χ2n) is 3.35. The largest absolute Gasteiger partial charge is 0.288 e. The number of hydrogen-bond acceptors (Lipinski definition) is 3. The van der Waals surface area contributed by atoms with Crippen LogP contribution < -0.4 is 10.4 Å². The third kappa shape index (κ3) is 2.41. The standard InChI is InChI=1S/C12H12N2OS/c1-14(11-5-3-2-4-6-11)13-12(15)10-7-8-16-9-10/h2-9H,1H3,(H,13,15). The van der Waals surface area contributed by atoms with Crippen LogP contribution in [-0.4, -0.2) is 13.0 Å². The predicted molar refractivity (Wildman–Crippen MR) is 66.6 cm³/mol. The fourth-order valence-corrected chi connectivity index (χ4v) is 1.96. The van der Waals surface area contributed by atoms with Crippen LogP contribution >= 0.6 is 11.3 Å². The number of nitrogens with one attached hydrogen (secondary N) is 1. The summed E-state index contributed by atoms with van der Waals surface area (Å²) >= 11 is 1.51. The van der Waals surface area contributed by atoms with Gasteiger partial charge in [-0.3, -0.25) is 15.2 Å². The number of carbonyl (C=O) groups excluding carboxylic acids is 1. The van der Waals surface area contributed by atoms with E-state index in [2.05, 4.69) is 5.43 Å². The molecular weight excluding hydrogens is 220 g/mol. The van der Waals surface area contributed by atoms with Crippen molar-refractivity contribution in [2.45, 2.75) is 0 Å². The third-order valence-electron chi connectivity index (χ3n) is 2.20. The average molecular weight is 232 g/mol. The van der Waals surface area contributed by atoms with Crippen LogP contribution in [0.4, 0.5) is 5.69 Å². The van der Waals surface area contributed by atoms with E-state index in [1.165, 1.54) is 11.3 Å². The Bertz CT molecular complexity index is 453. The van der Waals surface area contributed by atoms with E-state index in [0.29, 0.717) is 5.56 Å². The molecule has 2 aromatic rings. The van der Waals surface area contributed by atoms with Crippen molar-refractivity contribution in [2.24, 2.45) is 0 Å². The molecule has 1 aromatic heterocycles. The van der Waals surface area contributed by atoms with Crippen molar-refractivity contribution in [1.29, 1.82) is 0 Å². The maximum atomic E-state index is 11.7. The molecule has 82 valence electrons. The van der Waals surface area contributed by atoms with Crippen LogP contribution in [0.25, 0.3) is 0 Å². The summed E-state index contributed by atoms with van der Waals surface area (Å²) in [5, 5.41) is 5.42. The quantitative estimate of drug-likeness (QED) is 0.825. The maximum Gasteiger partial charge on any atom is 0.270 e. The van der Waals surface area contributed by atoms with E-state index in [1.54, 1.807) is 11.1 Å². The van der Waals surface area contributed by atoms with E-state index in [-0.39, 0.29) is 5.91 Å². The highest BCUT2D eigenvalue weighted by Crippen LogP contribution is 2.10. The first-order valence-electron chi connectivity index (χ1n) is 4.89. The predicted octanol–water partition coefficient (Wildman–Crippen LogP) is 2.53. The van der Waals surface area contributed by atoms with Gasteiger partial charge in [0.1, 0.15) is 0 Å². The number of rotatable bonds is 3. The molecule has 3 nitrogen and oxygen atoms in total. The molecule has 2 rings (SSSR count). The average Bonchev–Trinajstić information content (AvgIpc) is 2.83. The zero-order valence-electron chi connectivity index (χ0n) is 8.88. The Morgan fingerprint density at radius 2 is 2.00 bits per heavy atom. The van der Waals surface area contributed by atoms with E-state index < -0.39 is 0 Å². The minimum Gasteiger partial charge on any atom is -0.288 e. The molecule has 0 radical (unpaired) electrons. The molecule has 0 atom stereocenters.